The van der Waals surface area contributed by atoms with Crippen LogP contribution >= 0.6 is 0 Å². The molecule has 5 rings (SSSR count). The molecule has 1 aliphatic rings. The number of carbonyl (C=O) groups excluding carboxylic acids is 1. The van der Waals surface area contributed by atoms with E-state index in [1.165, 1.54) is 0 Å². The van der Waals surface area contributed by atoms with E-state index in [1.54, 1.807) is 37.8 Å². The zero-order valence-electron chi connectivity index (χ0n) is 23.5. The lowest BCUT2D eigenvalue weighted by atomic mass is 9.96. The number of halogens is 1. The summed E-state index contributed by atoms with van der Waals surface area (Å²) in [6.45, 7) is 6.05. The first-order chi connectivity index (χ1) is 19.6. The van der Waals surface area contributed by atoms with Gasteiger partial charge in [-0.05, 0) is 50.5 Å². The standard InChI is InChI=1S/C28H34FN9O3/c1-17(39)13-38-10-8-23(33-24(40)25-35-36-26(41-25)28(2,3)16-29)21-6-5-18(11-19(21)14-38)22-7-9-30-27(34-22)32-20-12-31-37(4)15-20/h5-7,9,11-12,15,17,23,39H,8,10,13-14,16H2,1-4H3,(H,33,40)(H,30,32,34)/t17-,23+/m1/s1. The summed E-state index contributed by atoms with van der Waals surface area (Å²) in [5.41, 5.74) is 3.36. The van der Waals surface area contributed by atoms with Crippen LogP contribution in [0.4, 0.5) is 16.0 Å². The Kier molecular flexibility index (Phi) is 8.08. The lowest BCUT2D eigenvalue weighted by Gasteiger charge is -2.22. The lowest BCUT2D eigenvalue weighted by Crippen LogP contribution is -2.32. The summed E-state index contributed by atoms with van der Waals surface area (Å²) in [7, 11) is 1.83. The molecule has 4 aromatic rings. The SMILES string of the molecule is C[C@@H](O)CN1CC[C@H](NC(=O)c2nnc(C(C)(C)CF)o2)c2ccc(-c3ccnc(Nc4cnn(C)c4)n3)cc2C1. The quantitative estimate of drug-likeness (QED) is 0.277. The summed E-state index contributed by atoms with van der Waals surface area (Å²) >= 11 is 0. The Labute approximate surface area is 237 Å². The van der Waals surface area contributed by atoms with Crippen molar-refractivity contribution in [2.75, 3.05) is 25.1 Å². The third-order valence-electron chi connectivity index (χ3n) is 6.92. The van der Waals surface area contributed by atoms with Gasteiger partial charge in [0.05, 0.1) is 35.1 Å². The molecule has 216 valence electrons. The molecule has 1 aliphatic heterocycles. The normalized spacial score (nSPS) is 16.6. The van der Waals surface area contributed by atoms with Crippen LogP contribution in [-0.2, 0) is 19.0 Å². The van der Waals surface area contributed by atoms with Crippen molar-refractivity contribution in [2.45, 2.75) is 51.3 Å². The number of alkyl halides is 1. The first kappa shape index (κ1) is 28.3. The fourth-order valence-electron chi connectivity index (χ4n) is 4.77. The Morgan fingerprint density at radius 3 is 2.85 bits per heavy atom. The molecule has 4 heterocycles. The molecule has 0 saturated heterocycles. The van der Waals surface area contributed by atoms with Gasteiger partial charge in [-0.1, -0.05) is 12.1 Å². The summed E-state index contributed by atoms with van der Waals surface area (Å²) in [6.07, 6.45) is 5.32. The van der Waals surface area contributed by atoms with E-state index in [9.17, 15) is 14.3 Å². The van der Waals surface area contributed by atoms with Crippen LogP contribution in [-0.4, -0.2) is 71.7 Å². The third-order valence-corrected chi connectivity index (χ3v) is 6.92. The van der Waals surface area contributed by atoms with Gasteiger partial charge in [-0.2, -0.15) is 5.10 Å². The number of hydrogen-bond donors (Lipinski definition) is 3. The van der Waals surface area contributed by atoms with Crippen molar-refractivity contribution in [3.05, 3.63) is 65.8 Å². The van der Waals surface area contributed by atoms with Crippen molar-refractivity contribution in [2.24, 2.45) is 7.05 Å². The first-order valence-electron chi connectivity index (χ1n) is 13.4. The zero-order valence-corrected chi connectivity index (χ0v) is 23.5. The number of fused-ring (bicyclic) bond motifs is 1. The van der Waals surface area contributed by atoms with Gasteiger partial charge < -0.3 is 20.2 Å². The second kappa shape index (κ2) is 11.7. The zero-order chi connectivity index (χ0) is 29.1. The van der Waals surface area contributed by atoms with Crippen molar-refractivity contribution < 1.29 is 18.7 Å². The van der Waals surface area contributed by atoms with Gasteiger partial charge in [-0.15, -0.1) is 10.2 Å². The highest BCUT2D eigenvalue weighted by molar-refractivity contribution is 5.89. The highest BCUT2D eigenvalue weighted by Crippen LogP contribution is 2.31. The highest BCUT2D eigenvalue weighted by atomic mass is 19.1. The Balaban J connectivity index is 1.41. The molecule has 3 N–H and O–H groups in total. The Bertz CT molecular complexity index is 1520. The van der Waals surface area contributed by atoms with E-state index in [2.05, 4.69) is 46.9 Å². The van der Waals surface area contributed by atoms with Crippen LogP contribution in [0.2, 0.25) is 0 Å². The number of rotatable bonds is 9. The fourth-order valence-corrected chi connectivity index (χ4v) is 4.77. The van der Waals surface area contributed by atoms with Gasteiger partial charge in [0.25, 0.3) is 0 Å². The number of aromatic nitrogens is 6. The van der Waals surface area contributed by atoms with E-state index in [4.69, 9.17) is 4.42 Å². The van der Waals surface area contributed by atoms with Crippen molar-refractivity contribution in [1.29, 1.82) is 0 Å². The molecule has 0 unspecified atom stereocenters. The molecule has 0 fully saturated rings. The van der Waals surface area contributed by atoms with Crippen LogP contribution in [0.5, 0.6) is 0 Å². The lowest BCUT2D eigenvalue weighted by molar-refractivity contribution is 0.0887. The number of aliphatic hydroxyl groups excluding tert-OH is 1. The van der Waals surface area contributed by atoms with Crippen LogP contribution in [0.1, 0.15) is 60.9 Å². The molecular weight excluding hydrogens is 529 g/mol. The molecule has 1 amide bonds. The summed E-state index contributed by atoms with van der Waals surface area (Å²) in [4.78, 5) is 24.3. The fraction of sp³-hybridized carbons (Fsp3) is 0.429. The van der Waals surface area contributed by atoms with E-state index >= 15 is 0 Å². The number of aryl methyl sites for hydroxylation is 1. The molecule has 13 heteroatoms. The molecule has 0 aliphatic carbocycles. The monoisotopic (exact) mass is 563 g/mol. The van der Waals surface area contributed by atoms with Gasteiger partial charge in [-0.3, -0.25) is 14.4 Å². The van der Waals surface area contributed by atoms with E-state index < -0.39 is 24.1 Å². The Morgan fingerprint density at radius 1 is 1.29 bits per heavy atom. The number of aliphatic hydroxyl groups is 1. The summed E-state index contributed by atoms with van der Waals surface area (Å²) < 4.78 is 20.6. The van der Waals surface area contributed by atoms with Crippen LogP contribution in [0, 0.1) is 0 Å². The second-order valence-electron chi connectivity index (χ2n) is 11.0. The topological polar surface area (TPSA) is 147 Å². The van der Waals surface area contributed by atoms with Crippen molar-refractivity contribution in [3.63, 3.8) is 0 Å². The average Bonchev–Trinajstić information content (AvgIpc) is 3.57. The van der Waals surface area contributed by atoms with Crippen molar-refractivity contribution in [1.82, 2.24) is 40.2 Å². The average molecular weight is 564 g/mol. The van der Waals surface area contributed by atoms with E-state index in [0.717, 1.165) is 28.1 Å². The van der Waals surface area contributed by atoms with Crippen LogP contribution in [0.25, 0.3) is 11.3 Å². The molecule has 0 spiro atoms. The van der Waals surface area contributed by atoms with Crippen LogP contribution in [0.15, 0.2) is 47.3 Å². The van der Waals surface area contributed by atoms with Gasteiger partial charge >= 0.3 is 11.8 Å². The van der Waals surface area contributed by atoms with E-state index in [0.29, 0.717) is 32.0 Å². The summed E-state index contributed by atoms with van der Waals surface area (Å²) in [6, 6.07) is 7.50. The number of nitrogens with one attached hydrogen (secondary N) is 2. The summed E-state index contributed by atoms with van der Waals surface area (Å²) in [5, 5.41) is 28.2. The number of amides is 1. The van der Waals surface area contributed by atoms with Gasteiger partial charge in [0.15, 0.2) is 0 Å². The number of carbonyl (C=O) groups is 1. The maximum atomic E-state index is 13.4. The van der Waals surface area contributed by atoms with Gasteiger partial charge in [0.2, 0.25) is 11.8 Å². The smallest absolute Gasteiger partial charge is 0.309 e. The van der Waals surface area contributed by atoms with Crippen molar-refractivity contribution in [3.8, 4) is 11.3 Å². The molecule has 0 bridgehead atoms. The Morgan fingerprint density at radius 2 is 2.12 bits per heavy atom. The Hall–Kier alpha value is -4.23. The molecule has 2 atom stereocenters. The second-order valence-corrected chi connectivity index (χ2v) is 11.0. The molecule has 0 radical (unpaired) electrons. The molecule has 1 aromatic carbocycles. The minimum Gasteiger partial charge on any atom is -0.416 e. The number of β-amino-alcohol motifs (C(OH)–C–C–N with tert-alkyl or cyclic N) is 1. The molecular formula is C28H34FN9O3. The largest absolute Gasteiger partial charge is 0.416 e. The number of hydrogen-bond acceptors (Lipinski definition) is 10. The van der Waals surface area contributed by atoms with E-state index in [-0.39, 0.29) is 17.8 Å². The summed E-state index contributed by atoms with van der Waals surface area (Å²) in [5.74, 6) is -0.216. The van der Waals surface area contributed by atoms with Gasteiger partial charge in [0, 0.05) is 44.6 Å². The van der Waals surface area contributed by atoms with Crippen LogP contribution < -0.4 is 10.6 Å². The highest BCUT2D eigenvalue weighted by Gasteiger charge is 2.31. The third kappa shape index (κ3) is 6.57. The maximum absolute atomic E-state index is 13.4. The van der Waals surface area contributed by atoms with Crippen LogP contribution in [0.3, 0.4) is 0 Å². The molecule has 41 heavy (non-hydrogen) atoms. The van der Waals surface area contributed by atoms with Gasteiger partial charge in [-0.25, -0.2) is 14.4 Å². The predicted octanol–water partition coefficient (Wildman–Crippen LogP) is 3.31. The van der Waals surface area contributed by atoms with Crippen molar-refractivity contribution >= 4 is 17.5 Å². The molecule has 3 aromatic heterocycles. The predicted molar refractivity (Wildman–Crippen MR) is 149 cm³/mol. The number of anilines is 2. The first-order valence-corrected chi connectivity index (χ1v) is 13.4. The minimum absolute atomic E-state index is 0.0707. The minimum atomic E-state index is -0.979. The van der Waals surface area contributed by atoms with E-state index in [1.807, 2.05) is 31.4 Å². The van der Waals surface area contributed by atoms with Gasteiger partial charge in [0.1, 0.15) is 6.67 Å². The number of benzene rings is 1. The number of nitrogens with zero attached hydrogens (tertiary/aromatic N) is 7. The maximum Gasteiger partial charge on any atom is 0.309 e. The molecule has 12 nitrogen and oxygen atoms in total. The molecule has 0 saturated carbocycles.